The number of hydrogen-bond donors (Lipinski definition) is 1. The van der Waals surface area contributed by atoms with Gasteiger partial charge in [-0.3, -0.25) is 0 Å². The minimum atomic E-state index is -3.07. The van der Waals surface area contributed by atoms with Crippen molar-refractivity contribution in [2.24, 2.45) is 11.7 Å². The van der Waals surface area contributed by atoms with Crippen LogP contribution in [-0.4, -0.2) is 32.1 Å². The average Bonchev–Trinajstić information content (AvgIpc) is 2.38. The standard InChI is InChI=1S/C15H24N2O2S/c1-12-5-7-14(8-6-12)15(16)10-13-4-3-9-17(11-13)20(2,18)19/h5-8,13,15H,3-4,9-11,16H2,1-2H3. The molecule has 1 aromatic carbocycles. The molecular weight excluding hydrogens is 272 g/mol. The number of benzene rings is 1. The van der Waals surface area contributed by atoms with Crippen molar-refractivity contribution < 1.29 is 8.42 Å². The van der Waals surface area contributed by atoms with E-state index in [1.165, 1.54) is 11.8 Å². The van der Waals surface area contributed by atoms with Crippen LogP contribution >= 0.6 is 0 Å². The molecule has 2 atom stereocenters. The molecule has 0 aliphatic carbocycles. The van der Waals surface area contributed by atoms with E-state index in [0.717, 1.165) is 24.8 Å². The largest absolute Gasteiger partial charge is 0.324 e. The maximum Gasteiger partial charge on any atom is 0.211 e. The van der Waals surface area contributed by atoms with E-state index in [-0.39, 0.29) is 6.04 Å². The normalized spacial score (nSPS) is 22.6. The molecule has 1 heterocycles. The fraction of sp³-hybridized carbons (Fsp3) is 0.600. The third-order valence-corrected chi connectivity index (χ3v) is 5.31. The Balaban J connectivity index is 1.97. The second-order valence-corrected chi connectivity index (χ2v) is 7.86. The van der Waals surface area contributed by atoms with Gasteiger partial charge in [-0.15, -0.1) is 0 Å². The van der Waals surface area contributed by atoms with E-state index in [9.17, 15) is 8.42 Å². The van der Waals surface area contributed by atoms with Gasteiger partial charge in [0.25, 0.3) is 0 Å². The third-order valence-electron chi connectivity index (χ3n) is 4.04. The molecule has 0 amide bonds. The zero-order chi connectivity index (χ0) is 14.8. The number of nitrogens with two attached hydrogens (primary N) is 1. The lowest BCUT2D eigenvalue weighted by Crippen LogP contribution is -2.40. The van der Waals surface area contributed by atoms with Crippen LogP contribution in [0, 0.1) is 12.8 Å². The van der Waals surface area contributed by atoms with Gasteiger partial charge in [0.2, 0.25) is 10.0 Å². The van der Waals surface area contributed by atoms with Crippen LogP contribution in [-0.2, 0) is 10.0 Å². The van der Waals surface area contributed by atoms with E-state index in [2.05, 4.69) is 31.2 Å². The van der Waals surface area contributed by atoms with Crippen LogP contribution in [0.15, 0.2) is 24.3 Å². The highest BCUT2D eigenvalue weighted by molar-refractivity contribution is 7.88. The van der Waals surface area contributed by atoms with Crippen molar-refractivity contribution in [3.8, 4) is 0 Å². The fourth-order valence-corrected chi connectivity index (χ4v) is 3.77. The number of piperidine rings is 1. The van der Waals surface area contributed by atoms with Crippen molar-refractivity contribution in [2.45, 2.75) is 32.2 Å². The molecule has 0 aromatic heterocycles. The minimum absolute atomic E-state index is 0.0138. The molecule has 1 aliphatic heterocycles. The van der Waals surface area contributed by atoms with E-state index in [1.54, 1.807) is 4.31 Å². The predicted molar refractivity (Wildman–Crippen MR) is 81.9 cm³/mol. The van der Waals surface area contributed by atoms with Crippen LogP contribution in [0.2, 0.25) is 0 Å². The zero-order valence-electron chi connectivity index (χ0n) is 12.2. The van der Waals surface area contributed by atoms with Gasteiger partial charge in [0.15, 0.2) is 0 Å². The molecule has 1 saturated heterocycles. The first-order valence-corrected chi connectivity index (χ1v) is 8.98. The lowest BCUT2D eigenvalue weighted by Gasteiger charge is -2.32. The monoisotopic (exact) mass is 296 g/mol. The van der Waals surface area contributed by atoms with Gasteiger partial charge in [-0.05, 0) is 37.7 Å². The van der Waals surface area contributed by atoms with Crippen molar-refractivity contribution in [1.29, 1.82) is 0 Å². The van der Waals surface area contributed by atoms with Gasteiger partial charge in [0.1, 0.15) is 0 Å². The summed E-state index contributed by atoms with van der Waals surface area (Å²) in [6.07, 6.45) is 4.12. The van der Waals surface area contributed by atoms with E-state index < -0.39 is 10.0 Å². The Morgan fingerprint density at radius 1 is 1.35 bits per heavy atom. The second-order valence-electron chi connectivity index (χ2n) is 5.88. The SMILES string of the molecule is Cc1ccc(C(N)CC2CCCN(S(C)(=O)=O)C2)cc1. The summed E-state index contributed by atoms with van der Waals surface area (Å²) in [6, 6.07) is 8.26. The van der Waals surface area contributed by atoms with Gasteiger partial charge >= 0.3 is 0 Å². The quantitative estimate of drug-likeness (QED) is 0.925. The summed E-state index contributed by atoms with van der Waals surface area (Å²) in [7, 11) is -3.07. The van der Waals surface area contributed by atoms with Crippen LogP contribution in [0.25, 0.3) is 0 Å². The van der Waals surface area contributed by atoms with E-state index in [4.69, 9.17) is 5.73 Å². The lowest BCUT2D eigenvalue weighted by atomic mass is 9.90. The van der Waals surface area contributed by atoms with E-state index in [0.29, 0.717) is 19.0 Å². The second kappa shape index (κ2) is 6.24. The summed E-state index contributed by atoms with van der Waals surface area (Å²) < 4.78 is 24.8. The molecule has 20 heavy (non-hydrogen) atoms. The summed E-state index contributed by atoms with van der Waals surface area (Å²) in [5.74, 6) is 0.356. The van der Waals surface area contributed by atoms with Crippen LogP contribution in [0.1, 0.15) is 36.4 Å². The average molecular weight is 296 g/mol. The Bertz CT molecular complexity index is 539. The molecule has 2 rings (SSSR count). The first kappa shape index (κ1) is 15.5. The maximum atomic E-state index is 11.6. The number of nitrogens with zero attached hydrogens (tertiary/aromatic N) is 1. The summed E-state index contributed by atoms with van der Waals surface area (Å²) in [5, 5.41) is 0. The Labute approximate surface area is 122 Å². The smallest absolute Gasteiger partial charge is 0.211 e. The number of sulfonamides is 1. The summed E-state index contributed by atoms with van der Waals surface area (Å²) >= 11 is 0. The highest BCUT2D eigenvalue weighted by Crippen LogP contribution is 2.27. The maximum absolute atomic E-state index is 11.6. The van der Waals surface area contributed by atoms with Crippen molar-refractivity contribution in [2.75, 3.05) is 19.3 Å². The zero-order valence-corrected chi connectivity index (χ0v) is 13.1. The molecule has 2 N–H and O–H groups in total. The van der Waals surface area contributed by atoms with Crippen molar-refractivity contribution >= 4 is 10.0 Å². The van der Waals surface area contributed by atoms with Crippen molar-refractivity contribution in [3.63, 3.8) is 0 Å². The Hall–Kier alpha value is -0.910. The van der Waals surface area contributed by atoms with Crippen LogP contribution in [0.3, 0.4) is 0 Å². The highest BCUT2D eigenvalue weighted by Gasteiger charge is 2.27. The third kappa shape index (κ3) is 4.04. The topological polar surface area (TPSA) is 63.4 Å². The molecule has 112 valence electrons. The molecular formula is C15H24N2O2S. The van der Waals surface area contributed by atoms with Crippen molar-refractivity contribution in [3.05, 3.63) is 35.4 Å². The summed E-state index contributed by atoms with van der Waals surface area (Å²) in [6.45, 7) is 3.31. The molecule has 1 aliphatic rings. The number of rotatable bonds is 4. The molecule has 1 fully saturated rings. The van der Waals surface area contributed by atoms with Crippen molar-refractivity contribution in [1.82, 2.24) is 4.31 Å². The van der Waals surface area contributed by atoms with E-state index >= 15 is 0 Å². The van der Waals surface area contributed by atoms with Gasteiger partial charge < -0.3 is 5.73 Å². The summed E-state index contributed by atoms with van der Waals surface area (Å²) in [5.41, 5.74) is 8.62. The van der Waals surface area contributed by atoms with Gasteiger partial charge in [-0.2, -0.15) is 0 Å². The van der Waals surface area contributed by atoms with Gasteiger partial charge in [-0.25, -0.2) is 12.7 Å². The molecule has 2 unspecified atom stereocenters. The molecule has 0 radical (unpaired) electrons. The lowest BCUT2D eigenvalue weighted by molar-refractivity contribution is 0.247. The van der Waals surface area contributed by atoms with Gasteiger partial charge in [0.05, 0.1) is 6.26 Å². The molecule has 5 heteroatoms. The first-order chi connectivity index (χ1) is 9.36. The van der Waals surface area contributed by atoms with Crippen LogP contribution in [0.5, 0.6) is 0 Å². The van der Waals surface area contributed by atoms with Crippen LogP contribution < -0.4 is 5.73 Å². The Kier molecular flexibility index (Phi) is 4.83. The fourth-order valence-electron chi connectivity index (χ4n) is 2.83. The Morgan fingerprint density at radius 2 is 2.00 bits per heavy atom. The van der Waals surface area contributed by atoms with Crippen LogP contribution in [0.4, 0.5) is 0 Å². The van der Waals surface area contributed by atoms with Gasteiger partial charge in [-0.1, -0.05) is 29.8 Å². The Morgan fingerprint density at radius 3 is 2.60 bits per heavy atom. The summed E-state index contributed by atoms with van der Waals surface area (Å²) in [4.78, 5) is 0. The van der Waals surface area contributed by atoms with E-state index in [1.807, 2.05) is 0 Å². The first-order valence-electron chi connectivity index (χ1n) is 7.13. The predicted octanol–water partition coefficient (Wildman–Crippen LogP) is 2.06. The number of hydrogen-bond acceptors (Lipinski definition) is 3. The number of aryl methyl sites for hydroxylation is 1. The molecule has 0 saturated carbocycles. The molecule has 0 spiro atoms. The highest BCUT2D eigenvalue weighted by atomic mass is 32.2. The van der Waals surface area contributed by atoms with Gasteiger partial charge in [0, 0.05) is 19.1 Å². The minimum Gasteiger partial charge on any atom is -0.324 e. The molecule has 1 aromatic rings. The molecule has 0 bridgehead atoms. The molecule has 4 nitrogen and oxygen atoms in total.